The highest BCUT2D eigenvalue weighted by molar-refractivity contribution is 6.36. The Morgan fingerprint density at radius 2 is 2.09 bits per heavy atom. The van der Waals surface area contributed by atoms with Gasteiger partial charge >= 0.3 is 5.97 Å². The van der Waals surface area contributed by atoms with Crippen molar-refractivity contribution in [2.24, 2.45) is 0 Å². The van der Waals surface area contributed by atoms with Gasteiger partial charge in [-0.25, -0.2) is 4.79 Å². The molecule has 1 aromatic heterocycles. The van der Waals surface area contributed by atoms with E-state index in [0.29, 0.717) is 10.7 Å². The Hall–Kier alpha value is -2.05. The zero-order valence-electron chi connectivity index (χ0n) is 11.8. The topological polar surface area (TPSA) is 81.4 Å². The van der Waals surface area contributed by atoms with Crippen molar-refractivity contribution >= 4 is 41.0 Å². The van der Waals surface area contributed by atoms with Gasteiger partial charge in [-0.2, -0.15) is 0 Å². The van der Waals surface area contributed by atoms with Crippen molar-refractivity contribution in [3.8, 4) is 0 Å². The second-order valence-corrected chi connectivity index (χ2v) is 5.11. The van der Waals surface area contributed by atoms with Crippen LogP contribution in [0.5, 0.6) is 0 Å². The Kier molecular flexibility index (Phi) is 5.05. The Morgan fingerprint density at radius 3 is 2.77 bits per heavy atom. The Labute approximate surface area is 136 Å². The molecule has 0 bridgehead atoms. The van der Waals surface area contributed by atoms with Crippen LogP contribution in [0, 0.1) is 6.92 Å². The van der Waals surface area contributed by atoms with E-state index in [9.17, 15) is 9.59 Å². The molecule has 0 unspecified atom stereocenters. The average Bonchev–Trinajstić information content (AvgIpc) is 2.82. The third kappa shape index (κ3) is 3.40. The van der Waals surface area contributed by atoms with E-state index < -0.39 is 11.9 Å². The number of hydrogen-bond acceptors (Lipinski definition) is 5. The van der Waals surface area contributed by atoms with E-state index in [1.807, 2.05) is 0 Å². The molecule has 1 aromatic carbocycles. The van der Waals surface area contributed by atoms with Gasteiger partial charge in [0.05, 0.1) is 22.9 Å². The smallest absolute Gasteiger partial charge is 0.345 e. The molecule has 0 aliphatic rings. The number of nitrogens with one attached hydrogen (secondary N) is 1. The molecule has 1 N–H and O–H groups in total. The summed E-state index contributed by atoms with van der Waals surface area (Å²) < 4.78 is 9.87. The molecule has 0 aliphatic heterocycles. The minimum absolute atomic E-state index is 0.0633. The lowest BCUT2D eigenvalue weighted by molar-refractivity contribution is 0.0526. The second-order valence-electron chi connectivity index (χ2n) is 4.27. The molecule has 22 heavy (non-hydrogen) atoms. The average molecular weight is 343 g/mol. The van der Waals surface area contributed by atoms with E-state index in [1.54, 1.807) is 19.9 Å². The Bertz CT molecular complexity index is 728. The van der Waals surface area contributed by atoms with Crippen molar-refractivity contribution in [1.29, 1.82) is 0 Å². The Morgan fingerprint density at radius 1 is 1.36 bits per heavy atom. The number of benzene rings is 1. The highest BCUT2D eigenvalue weighted by Crippen LogP contribution is 2.24. The molecule has 2 aromatic rings. The molecule has 8 heteroatoms. The first-order valence-corrected chi connectivity index (χ1v) is 7.09. The molecule has 0 fully saturated rings. The molecule has 0 radical (unpaired) electrons. The minimum atomic E-state index is -0.631. The van der Waals surface area contributed by atoms with Gasteiger partial charge < -0.3 is 9.26 Å². The number of amides is 1. The molecule has 0 atom stereocenters. The van der Waals surface area contributed by atoms with Gasteiger partial charge in [-0.1, -0.05) is 28.4 Å². The van der Waals surface area contributed by atoms with E-state index in [1.165, 1.54) is 12.1 Å². The van der Waals surface area contributed by atoms with E-state index in [4.69, 9.17) is 32.5 Å². The van der Waals surface area contributed by atoms with Crippen molar-refractivity contribution in [2.75, 3.05) is 11.9 Å². The van der Waals surface area contributed by atoms with Crippen LogP contribution in [0.3, 0.4) is 0 Å². The number of hydrogen-bond donors (Lipinski definition) is 1. The quantitative estimate of drug-likeness (QED) is 0.856. The van der Waals surface area contributed by atoms with Crippen LogP contribution in [-0.4, -0.2) is 23.6 Å². The van der Waals surface area contributed by atoms with Crippen LogP contribution >= 0.6 is 23.2 Å². The first-order chi connectivity index (χ1) is 10.4. The van der Waals surface area contributed by atoms with Crippen LogP contribution in [0.4, 0.5) is 5.88 Å². The van der Waals surface area contributed by atoms with Crippen molar-refractivity contribution in [3.05, 3.63) is 45.1 Å². The molecule has 0 aliphatic carbocycles. The zero-order chi connectivity index (χ0) is 16.3. The fraction of sp³-hybridized carbons (Fsp3) is 0.214. The molecule has 0 saturated carbocycles. The fourth-order valence-corrected chi connectivity index (χ4v) is 2.12. The van der Waals surface area contributed by atoms with Crippen LogP contribution < -0.4 is 5.32 Å². The molecule has 0 spiro atoms. The van der Waals surface area contributed by atoms with Gasteiger partial charge in [0.2, 0.25) is 5.88 Å². The largest absolute Gasteiger partial charge is 0.462 e. The first kappa shape index (κ1) is 16.3. The second kappa shape index (κ2) is 6.81. The van der Waals surface area contributed by atoms with Gasteiger partial charge in [-0.15, -0.1) is 0 Å². The van der Waals surface area contributed by atoms with E-state index in [2.05, 4.69) is 10.5 Å². The monoisotopic (exact) mass is 342 g/mol. The highest BCUT2D eigenvalue weighted by Gasteiger charge is 2.24. The molecular weight excluding hydrogens is 331 g/mol. The zero-order valence-corrected chi connectivity index (χ0v) is 13.3. The summed E-state index contributed by atoms with van der Waals surface area (Å²) in [5.74, 6) is -1.31. The predicted octanol–water partition coefficient (Wildman–Crippen LogP) is 3.72. The number of esters is 1. The SMILES string of the molecule is CCOC(=O)c1c(C)noc1NC(=O)c1cc(Cl)ccc1Cl. The number of nitrogens with zero attached hydrogens (tertiary/aromatic N) is 1. The molecule has 0 saturated heterocycles. The summed E-state index contributed by atoms with van der Waals surface area (Å²) in [6.07, 6.45) is 0. The van der Waals surface area contributed by atoms with Gasteiger partial charge in [0, 0.05) is 5.02 Å². The van der Waals surface area contributed by atoms with Crippen molar-refractivity contribution < 1.29 is 18.8 Å². The number of aromatic nitrogens is 1. The number of halogens is 2. The Balaban J connectivity index is 2.29. The molecule has 1 heterocycles. The van der Waals surface area contributed by atoms with E-state index in [0.717, 1.165) is 0 Å². The summed E-state index contributed by atoms with van der Waals surface area (Å²) in [4.78, 5) is 24.1. The van der Waals surface area contributed by atoms with Crippen LogP contribution in [0.1, 0.15) is 33.3 Å². The molecule has 2 rings (SSSR count). The van der Waals surface area contributed by atoms with Gasteiger partial charge in [0.25, 0.3) is 5.91 Å². The standard InChI is InChI=1S/C14H12Cl2N2O4/c1-3-21-14(20)11-7(2)18-22-13(11)17-12(19)9-6-8(15)4-5-10(9)16/h4-6H,3H2,1-2H3,(H,17,19). The molecule has 6 nitrogen and oxygen atoms in total. The van der Waals surface area contributed by atoms with Crippen LogP contribution in [0.25, 0.3) is 0 Å². The highest BCUT2D eigenvalue weighted by atomic mass is 35.5. The van der Waals surface area contributed by atoms with Gasteiger partial charge in [0.1, 0.15) is 5.56 Å². The number of aryl methyl sites for hydroxylation is 1. The van der Waals surface area contributed by atoms with Crippen molar-refractivity contribution in [1.82, 2.24) is 5.16 Å². The van der Waals surface area contributed by atoms with Crippen LogP contribution in [0.15, 0.2) is 22.7 Å². The number of rotatable bonds is 4. The maximum Gasteiger partial charge on any atom is 0.345 e. The first-order valence-electron chi connectivity index (χ1n) is 6.33. The lowest BCUT2D eigenvalue weighted by atomic mass is 10.2. The summed E-state index contributed by atoms with van der Waals surface area (Å²) in [6.45, 7) is 3.43. The summed E-state index contributed by atoms with van der Waals surface area (Å²) in [5.41, 5.74) is 0.525. The number of carbonyl (C=O) groups excluding carboxylic acids is 2. The van der Waals surface area contributed by atoms with Gasteiger partial charge in [-0.05, 0) is 32.0 Å². The minimum Gasteiger partial charge on any atom is -0.462 e. The third-order valence-electron chi connectivity index (χ3n) is 2.74. The van der Waals surface area contributed by atoms with Gasteiger partial charge in [0.15, 0.2) is 0 Å². The van der Waals surface area contributed by atoms with E-state index in [-0.39, 0.29) is 28.6 Å². The van der Waals surface area contributed by atoms with Crippen LogP contribution in [-0.2, 0) is 4.74 Å². The summed E-state index contributed by atoms with van der Waals surface area (Å²) >= 11 is 11.8. The number of carbonyl (C=O) groups is 2. The summed E-state index contributed by atoms with van der Waals surface area (Å²) in [7, 11) is 0. The maximum absolute atomic E-state index is 12.2. The number of ether oxygens (including phenoxy) is 1. The third-order valence-corrected chi connectivity index (χ3v) is 3.31. The predicted molar refractivity (Wildman–Crippen MR) is 81.6 cm³/mol. The summed E-state index contributed by atoms with van der Waals surface area (Å²) in [5, 5.41) is 6.67. The van der Waals surface area contributed by atoms with Crippen LogP contribution in [0.2, 0.25) is 10.0 Å². The number of anilines is 1. The van der Waals surface area contributed by atoms with Gasteiger partial charge in [-0.3, -0.25) is 10.1 Å². The fourth-order valence-electron chi connectivity index (χ4n) is 1.74. The molecule has 1 amide bonds. The lowest BCUT2D eigenvalue weighted by Gasteiger charge is -2.06. The van der Waals surface area contributed by atoms with E-state index >= 15 is 0 Å². The maximum atomic E-state index is 12.2. The normalized spacial score (nSPS) is 10.4. The summed E-state index contributed by atoms with van der Waals surface area (Å²) in [6, 6.07) is 4.46. The molecule has 116 valence electrons. The molecular formula is C14H12Cl2N2O4. The van der Waals surface area contributed by atoms with Crippen molar-refractivity contribution in [2.45, 2.75) is 13.8 Å². The van der Waals surface area contributed by atoms with Crippen molar-refractivity contribution in [3.63, 3.8) is 0 Å². The lowest BCUT2D eigenvalue weighted by Crippen LogP contribution is -2.15.